The first-order chi connectivity index (χ1) is 9.81. The van der Waals surface area contributed by atoms with Gasteiger partial charge in [-0.25, -0.2) is 4.79 Å². The zero-order chi connectivity index (χ0) is 14.2. The lowest BCUT2D eigenvalue weighted by Crippen LogP contribution is -1.96. The van der Waals surface area contributed by atoms with Crippen LogP contribution in [-0.4, -0.2) is 13.1 Å². The summed E-state index contributed by atoms with van der Waals surface area (Å²) in [6.45, 7) is 0. The van der Waals surface area contributed by atoms with Gasteiger partial charge in [0, 0.05) is 6.08 Å². The second kappa shape index (κ2) is 7.14. The van der Waals surface area contributed by atoms with E-state index in [0.717, 1.165) is 11.3 Å². The Hall–Kier alpha value is -2.55. The predicted octanol–water partition coefficient (Wildman–Crippen LogP) is 3.70. The summed E-state index contributed by atoms with van der Waals surface area (Å²) in [5, 5.41) is 0. The molecule has 1 atom stereocenters. The van der Waals surface area contributed by atoms with Gasteiger partial charge in [0.1, 0.15) is 5.76 Å². The van der Waals surface area contributed by atoms with Gasteiger partial charge in [0.05, 0.1) is 19.3 Å². The molecule has 1 heterocycles. The van der Waals surface area contributed by atoms with Crippen molar-refractivity contribution >= 4 is 5.97 Å². The van der Waals surface area contributed by atoms with Gasteiger partial charge in [-0.15, -0.1) is 0 Å². The topological polar surface area (TPSA) is 39.4 Å². The number of methoxy groups -OCH3 is 1. The summed E-state index contributed by atoms with van der Waals surface area (Å²) in [6.07, 6.45) is 8.49. The molecule has 1 aromatic heterocycles. The van der Waals surface area contributed by atoms with Crippen LogP contribution in [0.25, 0.3) is 0 Å². The van der Waals surface area contributed by atoms with E-state index in [9.17, 15) is 4.79 Å². The average molecular weight is 268 g/mol. The zero-order valence-electron chi connectivity index (χ0n) is 11.2. The van der Waals surface area contributed by atoms with E-state index < -0.39 is 0 Å². The molecule has 0 saturated carbocycles. The molecule has 2 rings (SSSR count). The summed E-state index contributed by atoms with van der Waals surface area (Å²) >= 11 is 0. The predicted molar refractivity (Wildman–Crippen MR) is 77.3 cm³/mol. The van der Waals surface area contributed by atoms with E-state index in [4.69, 9.17) is 4.42 Å². The van der Waals surface area contributed by atoms with Crippen molar-refractivity contribution in [3.63, 3.8) is 0 Å². The van der Waals surface area contributed by atoms with Crippen molar-refractivity contribution in [1.29, 1.82) is 0 Å². The van der Waals surface area contributed by atoms with Crippen molar-refractivity contribution in [2.24, 2.45) is 0 Å². The third-order valence-corrected chi connectivity index (χ3v) is 2.86. The maximum absolute atomic E-state index is 11.0. The molecule has 102 valence electrons. The largest absolute Gasteiger partial charge is 0.468 e. The van der Waals surface area contributed by atoms with Crippen molar-refractivity contribution in [1.82, 2.24) is 0 Å². The van der Waals surface area contributed by atoms with Crippen LogP contribution in [0.5, 0.6) is 0 Å². The minimum absolute atomic E-state index is 0.0218. The first-order valence-electron chi connectivity index (χ1n) is 6.32. The van der Waals surface area contributed by atoms with Crippen LogP contribution in [0.1, 0.15) is 17.2 Å². The van der Waals surface area contributed by atoms with Crippen LogP contribution in [0.15, 0.2) is 77.4 Å². The molecule has 0 aliphatic heterocycles. The molecular formula is C17H16O3. The SMILES string of the molecule is COC(=O)/C=C/C=C/[C@H](c1ccccc1)c1ccco1. The van der Waals surface area contributed by atoms with Crippen LogP contribution in [0.2, 0.25) is 0 Å². The fraction of sp³-hybridized carbons (Fsp3) is 0.118. The minimum Gasteiger partial charge on any atom is -0.468 e. The second-order valence-electron chi connectivity index (χ2n) is 4.17. The van der Waals surface area contributed by atoms with Crippen LogP contribution < -0.4 is 0 Å². The Balaban J connectivity index is 2.19. The highest BCUT2D eigenvalue weighted by molar-refractivity contribution is 5.82. The van der Waals surface area contributed by atoms with Gasteiger partial charge in [-0.1, -0.05) is 48.6 Å². The highest BCUT2D eigenvalue weighted by Gasteiger charge is 2.12. The molecule has 0 N–H and O–H groups in total. The van der Waals surface area contributed by atoms with Crippen LogP contribution in [0.4, 0.5) is 0 Å². The number of hydrogen-bond donors (Lipinski definition) is 0. The van der Waals surface area contributed by atoms with Crippen molar-refractivity contribution in [2.75, 3.05) is 7.11 Å². The molecule has 0 spiro atoms. The molecule has 3 nitrogen and oxygen atoms in total. The number of esters is 1. The van der Waals surface area contributed by atoms with Gasteiger partial charge in [-0.3, -0.25) is 0 Å². The number of benzene rings is 1. The molecule has 2 aromatic rings. The molecule has 0 aliphatic carbocycles. The van der Waals surface area contributed by atoms with E-state index >= 15 is 0 Å². The molecule has 0 amide bonds. The zero-order valence-corrected chi connectivity index (χ0v) is 11.2. The van der Waals surface area contributed by atoms with E-state index in [1.807, 2.05) is 54.6 Å². The first kappa shape index (κ1) is 13.9. The second-order valence-corrected chi connectivity index (χ2v) is 4.17. The molecule has 1 aromatic carbocycles. The maximum Gasteiger partial charge on any atom is 0.330 e. The Morgan fingerprint density at radius 3 is 2.60 bits per heavy atom. The van der Waals surface area contributed by atoms with E-state index in [0.29, 0.717) is 0 Å². The summed E-state index contributed by atoms with van der Waals surface area (Å²) in [4.78, 5) is 11.0. The Kier molecular flexibility index (Phi) is 4.95. The highest BCUT2D eigenvalue weighted by Crippen LogP contribution is 2.26. The summed E-state index contributed by atoms with van der Waals surface area (Å²) in [6, 6.07) is 13.8. The number of ether oxygens (including phenoxy) is 1. The lowest BCUT2D eigenvalue weighted by atomic mass is 9.96. The Labute approximate surface area is 118 Å². The van der Waals surface area contributed by atoms with Gasteiger partial charge < -0.3 is 9.15 Å². The van der Waals surface area contributed by atoms with Crippen molar-refractivity contribution in [3.8, 4) is 0 Å². The van der Waals surface area contributed by atoms with Gasteiger partial charge in [0.15, 0.2) is 0 Å². The van der Waals surface area contributed by atoms with Crippen molar-refractivity contribution in [2.45, 2.75) is 5.92 Å². The Bertz CT molecular complexity index is 580. The molecule has 3 heteroatoms. The summed E-state index contributed by atoms with van der Waals surface area (Å²) in [5.74, 6) is 0.510. The standard InChI is InChI=1S/C17H16O3/c1-19-17(18)12-6-5-10-15(16-11-7-13-20-16)14-8-3-2-4-9-14/h2-13,15H,1H3/b10-5+,12-6+/t15-/m1/s1. The van der Waals surface area contributed by atoms with Crippen LogP contribution in [0.3, 0.4) is 0 Å². The number of carbonyl (C=O) groups is 1. The van der Waals surface area contributed by atoms with Gasteiger partial charge >= 0.3 is 5.97 Å². The van der Waals surface area contributed by atoms with Crippen LogP contribution in [0, 0.1) is 0 Å². The van der Waals surface area contributed by atoms with Crippen LogP contribution in [-0.2, 0) is 9.53 Å². The molecule has 0 saturated heterocycles. The summed E-state index contributed by atoms with van der Waals surface area (Å²) < 4.78 is 10.0. The Morgan fingerprint density at radius 1 is 1.15 bits per heavy atom. The third kappa shape index (κ3) is 3.72. The van der Waals surface area contributed by atoms with E-state index in [2.05, 4.69) is 4.74 Å². The monoisotopic (exact) mass is 268 g/mol. The van der Waals surface area contributed by atoms with Gasteiger partial charge in [-0.05, 0) is 17.7 Å². The lowest BCUT2D eigenvalue weighted by molar-refractivity contribution is -0.134. The molecular weight excluding hydrogens is 252 g/mol. The number of carbonyl (C=O) groups excluding carboxylic acids is 1. The maximum atomic E-state index is 11.0. The summed E-state index contributed by atoms with van der Waals surface area (Å²) in [7, 11) is 1.35. The third-order valence-electron chi connectivity index (χ3n) is 2.86. The summed E-state index contributed by atoms with van der Waals surface area (Å²) in [5.41, 5.74) is 1.13. The average Bonchev–Trinajstić information content (AvgIpc) is 3.02. The minimum atomic E-state index is -0.371. The van der Waals surface area contributed by atoms with E-state index in [-0.39, 0.29) is 11.9 Å². The van der Waals surface area contributed by atoms with E-state index in [1.165, 1.54) is 13.2 Å². The molecule has 0 aliphatic rings. The van der Waals surface area contributed by atoms with Gasteiger partial charge in [0.2, 0.25) is 0 Å². The van der Waals surface area contributed by atoms with Crippen molar-refractivity contribution in [3.05, 3.63) is 84.4 Å². The number of furan rings is 1. The van der Waals surface area contributed by atoms with Crippen molar-refractivity contribution < 1.29 is 13.9 Å². The molecule has 0 radical (unpaired) electrons. The lowest BCUT2D eigenvalue weighted by Gasteiger charge is -2.09. The number of hydrogen-bond acceptors (Lipinski definition) is 3. The Morgan fingerprint density at radius 2 is 1.95 bits per heavy atom. The first-order valence-corrected chi connectivity index (χ1v) is 6.32. The number of allylic oxidation sites excluding steroid dienone is 3. The molecule has 0 unspecified atom stereocenters. The molecule has 20 heavy (non-hydrogen) atoms. The fourth-order valence-corrected chi connectivity index (χ4v) is 1.88. The van der Waals surface area contributed by atoms with Crippen LogP contribution >= 0.6 is 0 Å². The fourth-order valence-electron chi connectivity index (χ4n) is 1.88. The molecule has 0 fully saturated rings. The van der Waals surface area contributed by atoms with Gasteiger partial charge in [0.25, 0.3) is 0 Å². The van der Waals surface area contributed by atoms with Gasteiger partial charge in [-0.2, -0.15) is 0 Å². The normalized spacial score (nSPS) is 12.8. The smallest absolute Gasteiger partial charge is 0.330 e. The quantitative estimate of drug-likeness (QED) is 0.471. The molecule has 0 bridgehead atoms. The highest BCUT2D eigenvalue weighted by atomic mass is 16.5. The van der Waals surface area contributed by atoms with E-state index in [1.54, 1.807) is 12.3 Å². The number of rotatable bonds is 5.